The molecular formula is C19H34O7. The molecule has 0 amide bonds. The van der Waals surface area contributed by atoms with E-state index in [9.17, 15) is 14.4 Å². The third-order valence-electron chi connectivity index (χ3n) is 4.85. The van der Waals surface area contributed by atoms with Crippen LogP contribution in [0, 0.1) is 16.7 Å². The van der Waals surface area contributed by atoms with E-state index in [1.807, 2.05) is 6.92 Å². The molecule has 7 nitrogen and oxygen atoms in total. The van der Waals surface area contributed by atoms with Crippen molar-refractivity contribution < 1.29 is 33.3 Å². The predicted molar refractivity (Wildman–Crippen MR) is 96.4 cm³/mol. The molecule has 0 saturated carbocycles. The van der Waals surface area contributed by atoms with Crippen molar-refractivity contribution in [3.63, 3.8) is 0 Å². The number of carbonyl (C=O) groups excluding carboxylic acids is 3. The Kier molecular flexibility index (Phi) is 9.84. The molecule has 0 rings (SSSR count). The van der Waals surface area contributed by atoms with Gasteiger partial charge in [0, 0.05) is 7.11 Å². The normalized spacial score (nSPS) is 16.2. The maximum atomic E-state index is 12.4. The highest BCUT2D eigenvalue weighted by molar-refractivity contribution is 5.80. The summed E-state index contributed by atoms with van der Waals surface area (Å²) in [4.78, 5) is 36.9. The van der Waals surface area contributed by atoms with Crippen LogP contribution in [0.4, 0.5) is 0 Å². The van der Waals surface area contributed by atoms with Crippen molar-refractivity contribution >= 4 is 17.9 Å². The lowest BCUT2D eigenvalue weighted by Gasteiger charge is -2.32. The van der Waals surface area contributed by atoms with Gasteiger partial charge >= 0.3 is 17.9 Å². The molecule has 0 aromatic heterocycles. The van der Waals surface area contributed by atoms with Gasteiger partial charge in [0.15, 0.2) is 0 Å². The third kappa shape index (κ3) is 6.94. The molecule has 0 aliphatic rings. The predicted octanol–water partition coefficient (Wildman–Crippen LogP) is 2.75. The van der Waals surface area contributed by atoms with Crippen LogP contribution >= 0.6 is 0 Å². The van der Waals surface area contributed by atoms with Crippen molar-refractivity contribution in [2.24, 2.45) is 16.7 Å². The summed E-state index contributed by atoms with van der Waals surface area (Å²) < 4.78 is 20.1. The van der Waals surface area contributed by atoms with Crippen molar-refractivity contribution in [2.45, 2.75) is 60.0 Å². The zero-order chi connectivity index (χ0) is 20.5. The largest absolute Gasteiger partial charge is 0.469 e. The van der Waals surface area contributed by atoms with Crippen LogP contribution in [0.3, 0.4) is 0 Å². The van der Waals surface area contributed by atoms with Gasteiger partial charge in [0.1, 0.15) is 6.61 Å². The summed E-state index contributed by atoms with van der Waals surface area (Å²) in [5, 5.41) is 0. The van der Waals surface area contributed by atoms with Gasteiger partial charge in [-0.25, -0.2) is 0 Å². The molecule has 152 valence electrons. The molecule has 0 heterocycles. The molecule has 0 fully saturated rings. The molecule has 0 radical (unpaired) electrons. The minimum Gasteiger partial charge on any atom is -0.469 e. The van der Waals surface area contributed by atoms with Gasteiger partial charge in [0.05, 0.1) is 37.1 Å². The molecule has 0 spiro atoms. The summed E-state index contributed by atoms with van der Waals surface area (Å²) >= 11 is 0. The lowest BCUT2D eigenvalue weighted by Crippen LogP contribution is -2.38. The van der Waals surface area contributed by atoms with Crippen LogP contribution in [0.5, 0.6) is 0 Å². The van der Waals surface area contributed by atoms with Crippen LogP contribution in [-0.2, 0) is 33.3 Å². The van der Waals surface area contributed by atoms with E-state index in [-0.39, 0.29) is 31.5 Å². The van der Waals surface area contributed by atoms with E-state index in [1.54, 1.807) is 27.7 Å². The van der Waals surface area contributed by atoms with Crippen molar-refractivity contribution in [3.05, 3.63) is 0 Å². The molecule has 3 atom stereocenters. The summed E-state index contributed by atoms with van der Waals surface area (Å²) in [6, 6.07) is 0. The zero-order valence-corrected chi connectivity index (χ0v) is 17.3. The summed E-state index contributed by atoms with van der Waals surface area (Å²) in [5.74, 6) is -1.90. The topological polar surface area (TPSA) is 88.1 Å². The summed E-state index contributed by atoms with van der Waals surface area (Å²) in [5.41, 5.74) is -1.75. The quantitative estimate of drug-likeness (QED) is 0.406. The Bertz CT molecular complexity index is 486. The highest BCUT2D eigenvalue weighted by Crippen LogP contribution is 2.37. The lowest BCUT2D eigenvalue weighted by atomic mass is 9.73. The molecule has 0 saturated heterocycles. The standard InChI is InChI=1S/C19H34O7/c1-9-19(5,17(22)25-8)11-14(15(20)24-7)10-18(3,4)16(21)26-12-13(2)23-6/h13-14H,9-12H2,1-8H3. The van der Waals surface area contributed by atoms with Crippen LogP contribution < -0.4 is 0 Å². The van der Waals surface area contributed by atoms with Crippen molar-refractivity contribution in [2.75, 3.05) is 27.9 Å². The monoisotopic (exact) mass is 374 g/mol. The Hall–Kier alpha value is -1.63. The van der Waals surface area contributed by atoms with Gasteiger partial charge in [-0.15, -0.1) is 0 Å². The van der Waals surface area contributed by atoms with Crippen molar-refractivity contribution in [3.8, 4) is 0 Å². The average molecular weight is 374 g/mol. The molecular weight excluding hydrogens is 340 g/mol. The number of carbonyl (C=O) groups is 3. The second kappa shape index (κ2) is 10.5. The van der Waals surface area contributed by atoms with E-state index in [0.29, 0.717) is 6.42 Å². The SMILES string of the molecule is CCC(C)(CC(CC(C)(C)C(=O)OCC(C)OC)C(=O)OC)C(=O)OC. The van der Waals surface area contributed by atoms with E-state index in [4.69, 9.17) is 18.9 Å². The van der Waals surface area contributed by atoms with Crippen LogP contribution in [0.15, 0.2) is 0 Å². The molecule has 26 heavy (non-hydrogen) atoms. The van der Waals surface area contributed by atoms with E-state index < -0.39 is 28.7 Å². The highest BCUT2D eigenvalue weighted by Gasteiger charge is 2.42. The first-order valence-corrected chi connectivity index (χ1v) is 8.83. The number of esters is 3. The second-order valence-corrected chi connectivity index (χ2v) is 7.56. The Morgan fingerprint density at radius 1 is 0.923 bits per heavy atom. The number of ether oxygens (including phenoxy) is 4. The first kappa shape index (κ1) is 24.4. The molecule has 0 aromatic carbocycles. The fraction of sp³-hybridized carbons (Fsp3) is 0.842. The number of hydrogen-bond acceptors (Lipinski definition) is 7. The van der Waals surface area contributed by atoms with Gasteiger partial charge in [0.25, 0.3) is 0 Å². The maximum Gasteiger partial charge on any atom is 0.311 e. The van der Waals surface area contributed by atoms with Crippen LogP contribution in [0.25, 0.3) is 0 Å². The molecule has 0 N–H and O–H groups in total. The first-order chi connectivity index (χ1) is 12.0. The number of methoxy groups -OCH3 is 3. The Labute approximate surface area is 156 Å². The van der Waals surface area contributed by atoms with E-state index in [2.05, 4.69) is 0 Å². The Morgan fingerprint density at radius 2 is 1.50 bits per heavy atom. The van der Waals surface area contributed by atoms with E-state index in [0.717, 1.165) is 0 Å². The molecule has 0 bridgehead atoms. The van der Waals surface area contributed by atoms with Gasteiger partial charge in [0.2, 0.25) is 0 Å². The van der Waals surface area contributed by atoms with Gasteiger partial charge in [-0.05, 0) is 47.0 Å². The second-order valence-electron chi connectivity index (χ2n) is 7.56. The number of rotatable bonds is 11. The van der Waals surface area contributed by atoms with Gasteiger partial charge in [-0.3, -0.25) is 14.4 Å². The fourth-order valence-corrected chi connectivity index (χ4v) is 2.72. The van der Waals surface area contributed by atoms with Crippen molar-refractivity contribution in [1.82, 2.24) is 0 Å². The summed E-state index contributed by atoms with van der Waals surface area (Å²) in [6.45, 7) is 8.96. The molecule has 0 aliphatic carbocycles. The van der Waals surface area contributed by atoms with Crippen LogP contribution in [0.2, 0.25) is 0 Å². The average Bonchev–Trinajstić information content (AvgIpc) is 2.62. The van der Waals surface area contributed by atoms with Gasteiger partial charge in [-0.2, -0.15) is 0 Å². The number of hydrogen-bond donors (Lipinski definition) is 0. The van der Waals surface area contributed by atoms with Crippen LogP contribution in [-0.4, -0.2) is 51.9 Å². The molecule has 3 unspecified atom stereocenters. The summed E-state index contributed by atoms with van der Waals surface area (Å²) in [7, 11) is 4.15. The minimum atomic E-state index is -0.920. The fourth-order valence-electron chi connectivity index (χ4n) is 2.72. The Balaban J connectivity index is 5.28. The van der Waals surface area contributed by atoms with Gasteiger partial charge < -0.3 is 18.9 Å². The smallest absolute Gasteiger partial charge is 0.311 e. The highest BCUT2D eigenvalue weighted by atomic mass is 16.6. The van der Waals surface area contributed by atoms with E-state index >= 15 is 0 Å². The third-order valence-corrected chi connectivity index (χ3v) is 4.85. The lowest BCUT2D eigenvalue weighted by molar-refractivity contribution is -0.161. The maximum absolute atomic E-state index is 12.4. The molecule has 0 aromatic rings. The van der Waals surface area contributed by atoms with E-state index in [1.165, 1.54) is 21.3 Å². The first-order valence-electron chi connectivity index (χ1n) is 8.83. The zero-order valence-electron chi connectivity index (χ0n) is 17.3. The van der Waals surface area contributed by atoms with Gasteiger partial charge in [-0.1, -0.05) is 6.92 Å². The minimum absolute atomic E-state index is 0.135. The van der Waals surface area contributed by atoms with Crippen LogP contribution in [0.1, 0.15) is 53.9 Å². The Morgan fingerprint density at radius 3 is 1.92 bits per heavy atom. The summed E-state index contributed by atoms with van der Waals surface area (Å²) in [6.07, 6.45) is 0.720. The molecule has 7 heteroatoms. The van der Waals surface area contributed by atoms with Crippen molar-refractivity contribution in [1.29, 1.82) is 0 Å². The molecule has 0 aliphatic heterocycles.